The molecule has 2 N–H and O–H groups in total. The van der Waals surface area contributed by atoms with Crippen molar-refractivity contribution in [2.45, 2.75) is 20.3 Å². The number of carbonyl (C=O) groups is 1. The van der Waals surface area contributed by atoms with Gasteiger partial charge in [-0.2, -0.15) is 9.78 Å². The smallest absolute Gasteiger partial charge is 0.252 e. The van der Waals surface area contributed by atoms with Crippen molar-refractivity contribution in [3.8, 4) is 5.95 Å². The largest absolute Gasteiger partial charge is 0.310 e. The van der Waals surface area contributed by atoms with Crippen LogP contribution in [-0.2, 0) is 11.2 Å². The third-order valence-corrected chi connectivity index (χ3v) is 3.69. The fourth-order valence-corrected chi connectivity index (χ4v) is 2.51. The van der Waals surface area contributed by atoms with Gasteiger partial charge in [0.25, 0.3) is 5.56 Å². The number of hydrogen-bond acceptors (Lipinski definition) is 4. The molecule has 0 unspecified atom stereocenters. The van der Waals surface area contributed by atoms with Gasteiger partial charge < -0.3 is 5.32 Å². The maximum atomic E-state index is 12.3. The first-order valence-electron chi connectivity index (χ1n) is 7.60. The number of anilines is 1. The second kappa shape index (κ2) is 6.90. The zero-order valence-corrected chi connectivity index (χ0v) is 14.5. The van der Waals surface area contributed by atoms with Gasteiger partial charge in [-0.3, -0.25) is 14.6 Å². The Kier molecular flexibility index (Phi) is 4.67. The molecule has 0 aliphatic heterocycles. The van der Waals surface area contributed by atoms with Gasteiger partial charge in [-0.1, -0.05) is 23.7 Å². The number of nitrogens with zero attached hydrogens (tertiary/aromatic N) is 3. The molecule has 0 saturated carbocycles. The molecule has 0 spiro atoms. The van der Waals surface area contributed by atoms with Crippen molar-refractivity contribution in [3.05, 3.63) is 68.7 Å². The van der Waals surface area contributed by atoms with Gasteiger partial charge in [0.15, 0.2) is 0 Å². The topological polar surface area (TPSA) is 92.7 Å². The van der Waals surface area contributed by atoms with E-state index in [-0.39, 0.29) is 23.8 Å². The quantitative estimate of drug-likeness (QED) is 0.749. The van der Waals surface area contributed by atoms with Crippen molar-refractivity contribution in [3.63, 3.8) is 0 Å². The molecule has 0 saturated heterocycles. The minimum absolute atomic E-state index is 0.194. The standard InChI is InChI=1S/C17H16ClN5O2/c1-10-8-15(24)21-17(19-10)23-14(7-11(2)22-23)20-16(25)9-12-3-5-13(18)6-4-12/h3-8H,9H2,1-2H3,(H,20,25)(H,19,21,24). The van der Waals surface area contributed by atoms with Crippen LogP contribution in [0.1, 0.15) is 17.0 Å². The van der Waals surface area contributed by atoms with Crippen LogP contribution in [0.3, 0.4) is 0 Å². The zero-order chi connectivity index (χ0) is 18.0. The lowest BCUT2D eigenvalue weighted by Gasteiger charge is -2.08. The molecule has 2 heterocycles. The van der Waals surface area contributed by atoms with Gasteiger partial charge in [0, 0.05) is 22.8 Å². The Morgan fingerprint density at radius 3 is 2.60 bits per heavy atom. The summed E-state index contributed by atoms with van der Waals surface area (Å²) in [6.07, 6.45) is 0.194. The van der Waals surface area contributed by atoms with E-state index in [1.165, 1.54) is 10.7 Å². The Balaban J connectivity index is 1.84. The number of amides is 1. The van der Waals surface area contributed by atoms with Gasteiger partial charge in [0.2, 0.25) is 11.9 Å². The summed E-state index contributed by atoms with van der Waals surface area (Å²) in [7, 11) is 0. The van der Waals surface area contributed by atoms with Gasteiger partial charge in [0.1, 0.15) is 5.82 Å². The molecule has 0 aliphatic carbocycles. The molecule has 1 aromatic carbocycles. The number of benzene rings is 1. The van der Waals surface area contributed by atoms with Crippen molar-refractivity contribution >= 4 is 23.3 Å². The number of hydrogen-bond donors (Lipinski definition) is 2. The molecular weight excluding hydrogens is 342 g/mol. The number of carbonyl (C=O) groups excluding carboxylic acids is 1. The van der Waals surface area contributed by atoms with Crippen molar-refractivity contribution in [1.82, 2.24) is 19.7 Å². The van der Waals surface area contributed by atoms with E-state index >= 15 is 0 Å². The van der Waals surface area contributed by atoms with Gasteiger partial charge in [-0.05, 0) is 31.5 Å². The Morgan fingerprint density at radius 1 is 1.20 bits per heavy atom. The van der Waals surface area contributed by atoms with E-state index in [2.05, 4.69) is 20.4 Å². The summed E-state index contributed by atoms with van der Waals surface area (Å²) in [6.45, 7) is 3.51. The van der Waals surface area contributed by atoms with Gasteiger partial charge in [0.05, 0.1) is 12.1 Å². The van der Waals surface area contributed by atoms with Crippen LogP contribution >= 0.6 is 11.6 Å². The second-order valence-corrected chi connectivity index (χ2v) is 6.08. The van der Waals surface area contributed by atoms with E-state index < -0.39 is 0 Å². The van der Waals surface area contributed by atoms with Crippen molar-refractivity contribution < 1.29 is 4.79 Å². The lowest BCUT2D eigenvalue weighted by atomic mass is 10.1. The summed E-state index contributed by atoms with van der Waals surface area (Å²) in [5, 5.41) is 7.70. The molecule has 0 atom stereocenters. The van der Waals surface area contributed by atoms with Crippen LogP contribution in [0.4, 0.5) is 5.82 Å². The summed E-state index contributed by atoms with van der Waals surface area (Å²) in [6, 6.07) is 10.2. The number of H-pyrrole nitrogens is 1. The minimum Gasteiger partial charge on any atom is -0.310 e. The minimum atomic E-state index is -0.283. The van der Waals surface area contributed by atoms with E-state index in [1.807, 2.05) is 0 Å². The number of rotatable bonds is 4. The first kappa shape index (κ1) is 16.9. The van der Waals surface area contributed by atoms with Crippen LogP contribution < -0.4 is 10.9 Å². The molecule has 3 rings (SSSR count). The summed E-state index contributed by atoms with van der Waals surface area (Å²) >= 11 is 5.85. The Hall–Kier alpha value is -2.93. The van der Waals surface area contributed by atoms with Crippen LogP contribution in [-0.4, -0.2) is 25.7 Å². The monoisotopic (exact) mass is 357 g/mol. The highest BCUT2D eigenvalue weighted by Crippen LogP contribution is 2.15. The first-order valence-corrected chi connectivity index (χ1v) is 7.98. The van der Waals surface area contributed by atoms with Crippen molar-refractivity contribution in [1.29, 1.82) is 0 Å². The molecule has 0 radical (unpaired) electrons. The Bertz CT molecular complexity index is 975. The molecule has 3 aromatic rings. The highest BCUT2D eigenvalue weighted by molar-refractivity contribution is 6.30. The molecule has 0 fully saturated rings. The van der Waals surface area contributed by atoms with Gasteiger partial charge >= 0.3 is 0 Å². The number of aromatic nitrogens is 4. The lowest BCUT2D eigenvalue weighted by Crippen LogP contribution is -2.20. The van der Waals surface area contributed by atoms with Crippen LogP contribution in [0.15, 0.2) is 41.2 Å². The van der Waals surface area contributed by atoms with E-state index in [4.69, 9.17) is 11.6 Å². The zero-order valence-electron chi connectivity index (χ0n) is 13.7. The molecule has 0 bridgehead atoms. The predicted octanol–water partition coefficient (Wildman–Crippen LogP) is 2.41. The molecular formula is C17H16ClN5O2. The van der Waals surface area contributed by atoms with Crippen LogP contribution in [0.25, 0.3) is 5.95 Å². The maximum Gasteiger partial charge on any atom is 0.252 e. The number of aryl methyl sites for hydroxylation is 2. The molecule has 25 heavy (non-hydrogen) atoms. The molecule has 2 aromatic heterocycles. The maximum absolute atomic E-state index is 12.3. The number of aromatic amines is 1. The molecule has 128 valence electrons. The van der Waals surface area contributed by atoms with Crippen LogP contribution in [0.5, 0.6) is 0 Å². The number of halogens is 1. The fraction of sp³-hybridized carbons (Fsp3) is 0.176. The van der Waals surface area contributed by atoms with E-state index in [0.717, 1.165) is 5.56 Å². The Labute approximate surface area is 148 Å². The Morgan fingerprint density at radius 2 is 1.92 bits per heavy atom. The fourth-order valence-electron chi connectivity index (χ4n) is 2.39. The first-order chi connectivity index (χ1) is 11.9. The van der Waals surface area contributed by atoms with Crippen molar-refractivity contribution in [2.75, 3.05) is 5.32 Å². The second-order valence-electron chi connectivity index (χ2n) is 5.64. The van der Waals surface area contributed by atoms with E-state index in [0.29, 0.717) is 22.2 Å². The van der Waals surface area contributed by atoms with Gasteiger partial charge in [-0.25, -0.2) is 4.98 Å². The highest BCUT2D eigenvalue weighted by Gasteiger charge is 2.13. The highest BCUT2D eigenvalue weighted by atomic mass is 35.5. The SMILES string of the molecule is Cc1cc(=O)[nH]c(-n2nc(C)cc2NC(=O)Cc2ccc(Cl)cc2)n1. The third kappa shape index (κ3) is 4.13. The molecule has 0 aliphatic rings. The van der Waals surface area contributed by atoms with Gasteiger partial charge in [-0.15, -0.1) is 0 Å². The summed E-state index contributed by atoms with van der Waals surface area (Å²) < 4.78 is 1.41. The van der Waals surface area contributed by atoms with Crippen LogP contribution in [0.2, 0.25) is 5.02 Å². The molecule has 1 amide bonds. The van der Waals surface area contributed by atoms with E-state index in [1.54, 1.807) is 44.2 Å². The normalized spacial score (nSPS) is 10.7. The third-order valence-electron chi connectivity index (χ3n) is 3.43. The van der Waals surface area contributed by atoms with E-state index in [9.17, 15) is 9.59 Å². The summed E-state index contributed by atoms with van der Waals surface area (Å²) in [5.74, 6) is 0.476. The molecule has 7 nitrogen and oxygen atoms in total. The summed E-state index contributed by atoms with van der Waals surface area (Å²) in [5.41, 5.74) is 1.80. The average Bonchev–Trinajstić information content (AvgIpc) is 2.89. The average molecular weight is 358 g/mol. The molecule has 8 heteroatoms. The summed E-state index contributed by atoms with van der Waals surface area (Å²) in [4.78, 5) is 30.8. The number of nitrogens with one attached hydrogen (secondary N) is 2. The van der Waals surface area contributed by atoms with Crippen molar-refractivity contribution in [2.24, 2.45) is 0 Å². The lowest BCUT2D eigenvalue weighted by molar-refractivity contribution is -0.115. The predicted molar refractivity (Wildman–Crippen MR) is 95.2 cm³/mol. The van der Waals surface area contributed by atoms with Crippen LogP contribution in [0, 0.1) is 13.8 Å².